The van der Waals surface area contributed by atoms with E-state index >= 15 is 0 Å². The normalized spacial score (nSPS) is 16.7. The third kappa shape index (κ3) is 4.87. The predicted molar refractivity (Wildman–Crippen MR) is 118 cm³/mol. The fourth-order valence-electron chi connectivity index (χ4n) is 3.60. The number of methoxy groups -OCH3 is 1. The highest BCUT2D eigenvalue weighted by molar-refractivity contribution is 6.01. The molecule has 0 spiro atoms. The van der Waals surface area contributed by atoms with E-state index in [4.69, 9.17) is 9.47 Å². The first kappa shape index (κ1) is 22.3. The Bertz CT molecular complexity index is 1020. The average molecular weight is 424 g/mol. The van der Waals surface area contributed by atoms with Crippen LogP contribution < -0.4 is 15.0 Å². The second-order valence-corrected chi connectivity index (χ2v) is 7.90. The van der Waals surface area contributed by atoms with Crippen LogP contribution in [0.2, 0.25) is 0 Å². The van der Waals surface area contributed by atoms with Crippen LogP contribution >= 0.6 is 0 Å². The van der Waals surface area contributed by atoms with Gasteiger partial charge in [-0.15, -0.1) is 0 Å². The Kier molecular flexibility index (Phi) is 6.63. The Morgan fingerprint density at radius 1 is 1.16 bits per heavy atom. The van der Waals surface area contributed by atoms with Crippen molar-refractivity contribution < 1.29 is 23.9 Å². The zero-order valence-corrected chi connectivity index (χ0v) is 18.5. The van der Waals surface area contributed by atoms with Crippen molar-refractivity contribution in [1.82, 2.24) is 0 Å². The molecule has 2 aromatic carbocycles. The van der Waals surface area contributed by atoms with E-state index in [9.17, 15) is 14.4 Å². The van der Waals surface area contributed by atoms with E-state index in [1.54, 1.807) is 17.0 Å². The van der Waals surface area contributed by atoms with E-state index in [1.807, 2.05) is 45.0 Å². The van der Waals surface area contributed by atoms with Gasteiger partial charge in [0.2, 0.25) is 5.91 Å². The van der Waals surface area contributed by atoms with Crippen molar-refractivity contribution in [2.75, 3.05) is 23.9 Å². The quantitative estimate of drug-likeness (QED) is 0.717. The summed E-state index contributed by atoms with van der Waals surface area (Å²) in [7, 11) is 1.52. The lowest BCUT2D eigenvalue weighted by atomic mass is 10.1. The van der Waals surface area contributed by atoms with Gasteiger partial charge in [0.25, 0.3) is 5.91 Å². The summed E-state index contributed by atoms with van der Waals surface area (Å²) in [6.07, 6.45) is -0.950. The maximum Gasteiger partial charge on any atom is 0.312 e. The minimum Gasteiger partial charge on any atom is -0.495 e. The van der Waals surface area contributed by atoms with Gasteiger partial charge in [-0.2, -0.15) is 0 Å². The summed E-state index contributed by atoms with van der Waals surface area (Å²) >= 11 is 0. The van der Waals surface area contributed by atoms with Gasteiger partial charge in [-0.3, -0.25) is 14.4 Å². The average Bonchev–Trinajstić information content (AvgIpc) is 3.11. The van der Waals surface area contributed by atoms with Crippen molar-refractivity contribution in [3.63, 3.8) is 0 Å². The summed E-state index contributed by atoms with van der Waals surface area (Å²) in [6, 6.07) is 11.2. The number of anilines is 2. The number of amides is 2. The third-order valence-corrected chi connectivity index (χ3v) is 5.60. The number of carbonyl (C=O) groups excluding carboxylic acids is 3. The maximum atomic E-state index is 12.7. The van der Waals surface area contributed by atoms with Crippen LogP contribution in [0.4, 0.5) is 11.4 Å². The first-order chi connectivity index (χ1) is 14.7. The fourth-order valence-corrected chi connectivity index (χ4v) is 3.60. The number of nitrogens with zero attached hydrogens (tertiary/aromatic N) is 1. The SMILES string of the molecule is COc1ccc(C)cc1NC(=O)[C@H](C)OC(=O)[C@@H]1CC(=O)N(c2cccc(C)c2C)C1. The molecule has 1 saturated heterocycles. The van der Waals surface area contributed by atoms with Gasteiger partial charge in [0.15, 0.2) is 6.10 Å². The molecule has 2 amide bonds. The van der Waals surface area contributed by atoms with E-state index < -0.39 is 23.9 Å². The number of nitrogens with one attached hydrogen (secondary N) is 1. The molecule has 2 aromatic rings. The summed E-state index contributed by atoms with van der Waals surface area (Å²) in [4.78, 5) is 39.4. The molecule has 0 bridgehead atoms. The highest BCUT2D eigenvalue weighted by Crippen LogP contribution is 2.30. The molecule has 164 valence electrons. The zero-order chi connectivity index (χ0) is 22.7. The molecule has 7 nitrogen and oxygen atoms in total. The van der Waals surface area contributed by atoms with Crippen LogP contribution in [0.15, 0.2) is 36.4 Å². The Morgan fingerprint density at radius 2 is 1.90 bits per heavy atom. The number of rotatable bonds is 6. The van der Waals surface area contributed by atoms with Gasteiger partial charge >= 0.3 is 5.97 Å². The largest absolute Gasteiger partial charge is 0.495 e. The van der Waals surface area contributed by atoms with Gasteiger partial charge < -0.3 is 19.7 Å². The zero-order valence-electron chi connectivity index (χ0n) is 18.5. The van der Waals surface area contributed by atoms with Crippen molar-refractivity contribution >= 4 is 29.2 Å². The highest BCUT2D eigenvalue weighted by Gasteiger charge is 2.38. The van der Waals surface area contributed by atoms with Gasteiger partial charge in [0.1, 0.15) is 5.75 Å². The number of esters is 1. The van der Waals surface area contributed by atoms with Gasteiger partial charge in [-0.25, -0.2) is 0 Å². The Labute approximate surface area is 182 Å². The highest BCUT2D eigenvalue weighted by atomic mass is 16.5. The summed E-state index contributed by atoms with van der Waals surface area (Å²) < 4.78 is 10.6. The second kappa shape index (κ2) is 9.20. The molecule has 0 radical (unpaired) electrons. The molecule has 7 heteroatoms. The molecule has 0 unspecified atom stereocenters. The Hall–Kier alpha value is -3.35. The minimum absolute atomic E-state index is 0.0618. The molecular formula is C24H28N2O5. The first-order valence-electron chi connectivity index (χ1n) is 10.2. The van der Waals surface area contributed by atoms with Crippen molar-refractivity contribution in [3.05, 3.63) is 53.1 Å². The van der Waals surface area contributed by atoms with Gasteiger partial charge in [0.05, 0.1) is 18.7 Å². The first-order valence-corrected chi connectivity index (χ1v) is 10.2. The van der Waals surface area contributed by atoms with Crippen LogP contribution in [-0.4, -0.2) is 37.5 Å². The second-order valence-electron chi connectivity index (χ2n) is 7.90. The van der Waals surface area contributed by atoms with Gasteiger partial charge in [0, 0.05) is 18.7 Å². The topological polar surface area (TPSA) is 84.9 Å². The van der Waals surface area contributed by atoms with Crippen molar-refractivity contribution in [1.29, 1.82) is 0 Å². The summed E-state index contributed by atoms with van der Waals surface area (Å²) in [5.41, 5.74) is 4.35. The minimum atomic E-state index is -1.01. The Balaban J connectivity index is 1.63. The lowest BCUT2D eigenvalue weighted by Crippen LogP contribution is -2.33. The fraction of sp³-hybridized carbons (Fsp3) is 0.375. The lowest BCUT2D eigenvalue weighted by molar-refractivity contribution is -0.157. The molecule has 0 saturated carbocycles. The van der Waals surface area contributed by atoms with E-state index in [-0.39, 0.29) is 18.9 Å². The molecule has 1 fully saturated rings. The number of ether oxygens (including phenoxy) is 2. The van der Waals surface area contributed by atoms with Crippen LogP contribution in [0.5, 0.6) is 5.75 Å². The molecule has 1 aliphatic heterocycles. The van der Waals surface area contributed by atoms with Crippen LogP contribution in [0.25, 0.3) is 0 Å². The smallest absolute Gasteiger partial charge is 0.312 e. The lowest BCUT2D eigenvalue weighted by Gasteiger charge is -2.20. The molecule has 1 aliphatic rings. The van der Waals surface area contributed by atoms with Crippen LogP contribution in [-0.2, 0) is 19.1 Å². The molecule has 0 aromatic heterocycles. The molecule has 2 atom stereocenters. The summed E-state index contributed by atoms with van der Waals surface area (Å²) in [5, 5.41) is 2.74. The van der Waals surface area contributed by atoms with E-state index in [0.29, 0.717) is 11.4 Å². The molecule has 3 rings (SSSR count). The number of carbonyl (C=O) groups is 3. The van der Waals surface area contributed by atoms with Crippen molar-refractivity contribution in [3.8, 4) is 5.75 Å². The molecule has 31 heavy (non-hydrogen) atoms. The maximum absolute atomic E-state index is 12.7. The molecular weight excluding hydrogens is 396 g/mol. The van der Waals surface area contributed by atoms with Crippen molar-refractivity contribution in [2.45, 2.75) is 40.2 Å². The van der Waals surface area contributed by atoms with Gasteiger partial charge in [-0.05, 0) is 62.6 Å². The Morgan fingerprint density at radius 3 is 2.61 bits per heavy atom. The predicted octanol–water partition coefficient (Wildman–Crippen LogP) is 3.54. The molecule has 1 heterocycles. The monoisotopic (exact) mass is 424 g/mol. The summed E-state index contributed by atoms with van der Waals surface area (Å²) in [5.74, 6) is -1.25. The van der Waals surface area contributed by atoms with Crippen LogP contribution in [0.1, 0.15) is 30.0 Å². The number of hydrogen-bond acceptors (Lipinski definition) is 5. The van der Waals surface area contributed by atoms with Crippen molar-refractivity contribution in [2.24, 2.45) is 5.92 Å². The van der Waals surface area contributed by atoms with Gasteiger partial charge in [-0.1, -0.05) is 18.2 Å². The number of aryl methyl sites for hydroxylation is 2. The number of hydrogen-bond donors (Lipinski definition) is 1. The molecule has 1 N–H and O–H groups in total. The van der Waals surface area contributed by atoms with Crippen LogP contribution in [0.3, 0.4) is 0 Å². The molecule has 0 aliphatic carbocycles. The number of benzene rings is 2. The summed E-state index contributed by atoms with van der Waals surface area (Å²) in [6.45, 7) is 7.58. The van der Waals surface area contributed by atoms with E-state index in [2.05, 4.69) is 5.32 Å². The standard InChI is InChI=1S/C24H28N2O5/c1-14-9-10-21(30-5)19(11-14)25-23(28)17(4)31-24(29)18-12-22(27)26(13-18)20-8-6-7-15(2)16(20)3/h6-11,17-18H,12-13H2,1-5H3,(H,25,28)/t17-,18+/m0/s1. The van der Waals surface area contributed by atoms with E-state index in [1.165, 1.54) is 14.0 Å². The third-order valence-electron chi connectivity index (χ3n) is 5.60. The van der Waals surface area contributed by atoms with Crippen LogP contribution in [0, 0.1) is 26.7 Å². The van der Waals surface area contributed by atoms with E-state index in [0.717, 1.165) is 22.4 Å².